The van der Waals surface area contributed by atoms with Crippen molar-refractivity contribution in [2.75, 3.05) is 44.2 Å². The first-order chi connectivity index (χ1) is 13.0. The minimum Gasteiger partial charge on any atom is -0.368 e. The number of hydrogen-bond donors (Lipinski definition) is 0. The van der Waals surface area contributed by atoms with Crippen molar-refractivity contribution in [3.8, 4) is 0 Å². The van der Waals surface area contributed by atoms with Gasteiger partial charge < -0.3 is 14.7 Å². The zero-order valence-corrected chi connectivity index (χ0v) is 16.4. The van der Waals surface area contributed by atoms with Gasteiger partial charge in [0.05, 0.1) is 11.8 Å². The van der Waals surface area contributed by atoms with Gasteiger partial charge in [-0.25, -0.2) is 4.39 Å². The van der Waals surface area contributed by atoms with Crippen LogP contribution < -0.4 is 4.90 Å². The Bertz CT molecular complexity index is 650. The number of hydrogen-bond acceptors (Lipinski definition) is 3. The van der Waals surface area contributed by atoms with E-state index in [-0.39, 0.29) is 29.5 Å². The molecule has 2 aliphatic rings. The molecule has 0 N–H and O–H groups in total. The second-order valence-corrected chi connectivity index (χ2v) is 7.56. The maximum absolute atomic E-state index is 13.1. The van der Waals surface area contributed by atoms with Crippen LogP contribution in [0.1, 0.15) is 33.1 Å². The van der Waals surface area contributed by atoms with Crippen LogP contribution >= 0.6 is 0 Å². The average molecular weight is 375 g/mol. The molecule has 0 radical (unpaired) electrons. The monoisotopic (exact) mass is 375 g/mol. The Hall–Kier alpha value is -2.11. The molecule has 1 aromatic rings. The Morgan fingerprint density at radius 1 is 1.00 bits per heavy atom. The van der Waals surface area contributed by atoms with Gasteiger partial charge in [-0.1, -0.05) is 13.8 Å². The molecule has 2 unspecified atom stereocenters. The maximum Gasteiger partial charge on any atom is 0.226 e. The van der Waals surface area contributed by atoms with E-state index in [2.05, 4.69) is 18.7 Å². The molecule has 2 atom stereocenters. The van der Waals surface area contributed by atoms with E-state index in [0.717, 1.165) is 44.7 Å². The lowest BCUT2D eigenvalue weighted by atomic mass is 10.2. The Balaban J connectivity index is 1.50. The van der Waals surface area contributed by atoms with E-state index >= 15 is 0 Å². The van der Waals surface area contributed by atoms with E-state index < -0.39 is 0 Å². The van der Waals surface area contributed by atoms with Crippen LogP contribution in [0.5, 0.6) is 0 Å². The highest BCUT2D eigenvalue weighted by Gasteiger charge is 2.50. The van der Waals surface area contributed by atoms with Crippen molar-refractivity contribution < 1.29 is 14.0 Å². The third-order valence-corrected chi connectivity index (χ3v) is 5.51. The fourth-order valence-corrected chi connectivity index (χ4v) is 3.92. The van der Waals surface area contributed by atoms with Crippen LogP contribution in [0, 0.1) is 17.7 Å². The first-order valence-electron chi connectivity index (χ1n) is 10.1. The fourth-order valence-electron chi connectivity index (χ4n) is 3.92. The summed E-state index contributed by atoms with van der Waals surface area (Å²) < 4.78 is 13.1. The SMILES string of the molecule is CCCN(CCC)C(=O)C1CC1C(=O)N1CCN(c2ccc(F)cc2)CC1. The van der Waals surface area contributed by atoms with Crippen LogP contribution in [-0.4, -0.2) is 60.9 Å². The Kier molecular flexibility index (Phi) is 6.34. The van der Waals surface area contributed by atoms with Crippen LogP contribution in [-0.2, 0) is 9.59 Å². The van der Waals surface area contributed by atoms with Gasteiger partial charge in [0.25, 0.3) is 0 Å². The quantitative estimate of drug-likeness (QED) is 0.736. The molecule has 6 heteroatoms. The molecule has 1 heterocycles. The van der Waals surface area contributed by atoms with E-state index in [1.807, 2.05) is 9.80 Å². The van der Waals surface area contributed by atoms with Crippen LogP contribution in [0.15, 0.2) is 24.3 Å². The third kappa shape index (κ3) is 4.60. The van der Waals surface area contributed by atoms with Crippen LogP contribution in [0.2, 0.25) is 0 Å². The summed E-state index contributed by atoms with van der Waals surface area (Å²) in [5.41, 5.74) is 0.984. The molecule has 2 amide bonds. The van der Waals surface area contributed by atoms with Gasteiger partial charge in [0.1, 0.15) is 5.82 Å². The number of carbonyl (C=O) groups excluding carboxylic acids is 2. The highest BCUT2D eigenvalue weighted by Crippen LogP contribution is 2.41. The predicted molar refractivity (Wildman–Crippen MR) is 104 cm³/mol. The topological polar surface area (TPSA) is 43.9 Å². The second-order valence-electron chi connectivity index (χ2n) is 7.56. The van der Waals surface area contributed by atoms with Crippen LogP contribution in [0.3, 0.4) is 0 Å². The molecule has 0 aromatic heterocycles. The molecular weight excluding hydrogens is 345 g/mol. The van der Waals surface area contributed by atoms with Crippen molar-refractivity contribution >= 4 is 17.5 Å². The molecule has 148 valence electrons. The molecule has 3 rings (SSSR count). The summed E-state index contributed by atoms with van der Waals surface area (Å²) in [6, 6.07) is 6.48. The number of amides is 2. The number of rotatable bonds is 7. The van der Waals surface area contributed by atoms with Crippen molar-refractivity contribution in [1.82, 2.24) is 9.80 Å². The molecule has 5 nitrogen and oxygen atoms in total. The summed E-state index contributed by atoms with van der Waals surface area (Å²) in [5.74, 6) is -0.212. The van der Waals surface area contributed by atoms with Gasteiger partial charge in [0.2, 0.25) is 11.8 Å². The van der Waals surface area contributed by atoms with Gasteiger partial charge in [-0.2, -0.15) is 0 Å². The first kappa shape index (κ1) is 19.6. The van der Waals surface area contributed by atoms with Gasteiger partial charge in [0.15, 0.2) is 0 Å². The van der Waals surface area contributed by atoms with Crippen molar-refractivity contribution in [2.45, 2.75) is 33.1 Å². The molecule has 1 saturated heterocycles. The fraction of sp³-hybridized carbons (Fsp3) is 0.619. The molecule has 27 heavy (non-hydrogen) atoms. The molecule has 1 aliphatic carbocycles. The third-order valence-electron chi connectivity index (χ3n) is 5.51. The van der Waals surface area contributed by atoms with Crippen molar-refractivity contribution in [2.24, 2.45) is 11.8 Å². The number of piperazine rings is 1. The van der Waals surface area contributed by atoms with E-state index in [9.17, 15) is 14.0 Å². The van der Waals surface area contributed by atoms with E-state index in [4.69, 9.17) is 0 Å². The number of benzene rings is 1. The lowest BCUT2D eigenvalue weighted by molar-refractivity contribution is -0.138. The summed E-state index contributed by atoms with van der Waals surface area (Å²) in [4.78, 5) is 31.4. The number of anilines is 1. The summed E-state index contributed by atoms with van der Waals surface area (Å²) in [5, 5.41) is 0. The van der Waals surface area contributed by atoms with Gasteiger partial charge in [-0.05, 0) is 43.5 Å². The lowest BCUT2D eigenvalue weighted by Gasteiger charge is -2.36. The molecule has 2 fully saturated rings. The summed E-state index contributed by atoms with van der Waals surface area (Å²) in [7, 11) is 0. The van der Waals surface area contributed by atoms with Crippen molar-refractivity contribution in [3.63, 3.8) is 0 Å². The normalized spacial score (nSPS) is 21.9. The zero-order valence-electron chi connectivity index (χ0n) is 16.4. The number of carbonyl (C=O) groups is 2. The predicted octanol–water partition coefficient (Wildman–Crippen LogP) is 2.76. The Labute approximate surface area is 161 Å². The number of halogens is 1. The molecular formula is C21H30FN3O2. The highest BCUT2D eigenvalue weighted by molar-refractivity contribution is 5.92. The van der Waals surface area contributed by atoms with E-state index in [0.29, 0.717) is 19.5 Å². The van der Waals surface area contributed by atoms with E-state index in [1.54, 1.807) is 12.1 Å². The van der Waals surface area contributed by atoms with Crippen molar-refractivity contribution in [3.05, 3.63) is 30.1 Å². The van der Waals surface area contributed by atoms with Gasteiger partial charge in [-0.3, -0.25) is 9.59 Å². The minimum absolute atomic E-state index is 0.120. The second kappa shape index (κ2) is 8.72. The van der Waals surface area contributed by atoms with E-state index in [1.165, 1.54) is 12.1 Å². The summed E-state index contributed by atoms with van der Waals surface area (Å²) in [6.07, 6.45) is 2.59. The lowest BCUT2D eigenvalue weighted by Crippen LogP contribution is -2.49. The average Bonchev–Trinajstić information content (AvgIpc) is 3.48. The zero-order chi connectivity index (χ0) is 19.4. The summed E-state index contributed by atoms with van der Waals surface area (Å²) in [6.45, 7) is 8.49. The van der Waals surface area contributed by atoms with Gasteiger partial charge >= 0.3 is 0 Å². The smallest absolute Gasteiger partial charge is 0.226 e. The molecule has 1 saturated carbocycles. The van der Waals surface area contributed by atoms with Gasteiger partial charge in [-0.15, -0.1) is 0 Å². The largest absolute Gasteiger partial charge is 0.368 e. The standard InChI is InChI=1S/C21H30FN3O2/c1-3-9-24(10-4-2)20(26)18-15-19(18)21(27)25-13-11-23(12-14-25)17-7-5-16(22)6-8-17/h5-8,18-19H,3-4,9-15H2,1-2H3. The van der Waals surface area contributed by atoms with Crippen LogP contribution in [0.25, 0.3) is 0 Å². The van der Waals surface area contributed by atoms with Crippen molar-refractivity contribution in [1.29, 1.82) is 0 Å². The molecule has 1 aromatic carbocycles. The van der Waals surface area contributed by atoms with Gasteiger partial charge in [0, 0.05) is 45.0 Å². The summed E-state index contributed by atoms with van der Waals surface area (Å²) >= 11 is 0. The molecule has 0 bridgehead atoms. The highest BCUT2D eigenvalue weighted by atomic mass is 19.1. The van der Waals surface area contributed by atoms with Crippen LogP contribution in [0.4, 0.5) is 10.1 Å². The number of nitrogens with zero attached hydrogens (tertiary/aromatic N) is 3. The molecule has 1 aliphatic heterocycles. The molecule has 0 spiro atoms. The first-order valence-corrected chi connectivity index (χ1v) is 10.1. The minimum atomic E-state index is -0.239. The maximum atomic E-state index is 13.1. The Morgan fingerprint density at radius 2 is 1.59 bits per heavy atom. The Morgan fingerprint density at radius 3 is 2.15 bits per heavy atom.